The van der Waals surface area contributed by atoms with Gasteiger partial charge in [0.1, 0.15) is 0 Å². The van der Waals surface area contributed by atoms with Gasteiger partial charge < -0.3 is 15.7 Å². The minimum Gasteiger partial charge on any atom is -0.481 e. The molecular weight excluding hydrogens is 304 g/mol. The summed E-state index contributed by atoms with van der Waals surface area (Å²) in [5.41, 5.74) is 2.06. The molecule has 0 aliphatic heterocycles. The Kier molecular flexibility index (Phi) is 5.95. The van der Waals surface area contributed by atoms with E-state index in [1.165, 1.54) is 0 Å². The van der Waals surface area contributed by atoms with Crippen molar-refractivity contribution in [3.63, 3.8) is 0 Å². The Hall–Kier alpha value is -2.82. The van der Waals surface area contributed by atoms with E-state index >= 15 is 0 Å². The first-order chi connectivity index (χ1) is 11.5. The van der Waals surface area contributed by atoms with Gasteiger partial charge in [0.15, 0.2) is 0 Å². The number of nitrogens with one attached hydrogen (secondary N) is 2. The summed E-state index contributed by atoms with van der Waals surface area (Å²) >= 11 is 0. The Labute approximate surface area is 141 Å². The third kappa shape index (κ3) is 5.12. The molecule has 0 saturated carbocycles. The standard InChI is InChI=1S/C19H22N2O3/c1-13(2)12-17(18(22)23)14-8-10-16(11-9-14)21-19(24)20-15-6-4-3-5-7-15/h3-11,13,17H,12H2,1-2H3,(H,22,23)(H2,20,21,24). The van der Waals surface area contributed by atoms with Crippen LogP contribution < -0.4 is 10.6 Å². The number of anilines is 2. The summed E-state index contributed by atoms with van der Waals surface area (Å²) in [6.07, 6.45) is 0.580. The summed E-state index contributed by atoms with van der Waals surface area (Å²) in [6, 6.07) is 15.7. The monoisotopic (exact) mass is 326 g/mol. The number of carbonyl (C=O) groups is 2. The van der Waals surface area contributed by atoms with E-state index in [4.69, 9.17) is 0 Å². The van der Waals surface area contributed by atoms with E-state index in [2.05, 4.69) is 10.6 Å². The van der Waals surface area contributed by atoms with Gasteiger partial charge in [-0.1, -0.05) is 44.2 Å². The lowest BCUT2D eigenvalue weighted by molar-refractivity contribution is -0.139. The van der Waals surface area contributed by atoms with Crippen molar-refractivity contribution in [2.75, 3.05) is 10.6 Å². The summed E-state index contributed by atoms with van der Waals surface area (Å²) < 4.78 is 0. The molecule has 0 spiro atoms. The number of rotatable bonds is 6. The SMILES string of the molecule is CC(C)CC(C(=O)O)c1ccc(NC(=O)Nc2ccccc2)cc1. The molecule has 0 bridgehead atoms. The van der Waals surface area contributed by atoms with Crippen molar-refractivity contribution in [2.45, 2.75) is 26.2 Å². The number of benzene rings is 2. The minimum absolute atomic E-state index is 0.292. The van der Waals surface area contributed by atoms with Crippen LogP contribution in [0.5, 0.6) is 0 Å². The fraction of sp³-hybridized carbons (Fsp3) is 0.263. The van der Waals surface area contributed by atoms with Crippen molar-refractivity contribution < 1.29 is 14.7 Å². The van der Waals surface area contributed by atoms with E-state index in [0.29, 0.717) is 23.7 Å². The molecule has 3 N–H and O–H groups in total. The number of carboxylic acid groups (broad SMARTS) is 1. The van der Waals surface area contributed by atoms with E-state index in [1.54, 1.807) is 36.4 Å². The zero-order chi connectivity index (χ0) is 17.5. The van der Waals surface area contributed by atoms with Crippen molar-refractivity contribution in [2.24, 2.45) is 5.92 Å². The van der Waals surface area contributed by atoms with Crippen LogP contribution in [0.1, 0.15) is 31.7 Å². The van der Waals surface area contributed by atoms with Gasteiger partial charge in [0.2, 0.25) is 0 Å². The number of hydrogen-bond donors (Lipinski definition) is 3. The average molecular weight is 326 g/mol. The average Bonchev–Trinajstić information content (AvgIpc) is 2.54. The van der Waals surface area contributed by atoms with Gasteiger partial charge in [-0.25, -0.2) is 4.79 Å². The maximum Gasteiger partial charge on any atom is 0.323 e. The number of amides is 2. The molecular formula is C19H22N2O3. The fourth-order valence-corrected chi connectivity index (χ4v) is 2.46. The first kappa shape index (κ1) is 17.5. The van der Waals surface area contributed by atoms with Gasteiger partial charge in [-0.3, -0.25) is 4.79 Å². The number of para-hydroxylation sites is 1. The Bertz CT molecular complexity index is 682. The van der Waals surface area contributed by atoms with E-state index < -0.39 is 11.9 Å². The van der Waals surface area contributed by atoms with E-state index in [0.717, 1.165) is 5.56 Å². The Morgan fingerprint density at radius 3 is 1.96 bits per heavy atom. The fourth-order valence-electron chi connectivity index (χ4n) is 2.46. The molecule has 0 aliphatic rings. The molecule has 0 saturated heterocycles. The van der Waals surface area contributed by atoms with Crippen LogP contribution in [0, 0.1) is 5.92 Å². The molecule has 0 fully saturated rings. The summed E-state index contributed by atoms with van der Waals surface area (Å²) in [5.74, 6) is -1.07. The molecule has 1 unspecified atom stereocenters. The highest BCUT2D eigenvalue weighted by atomic mass is 16.4. The molecule has 5 heteroatoms. The summed E-state index contributed by atoms with van der Waals surface area (Å²) in [6.45, 7) is 4.00. The van der Waals surface area contributed by atoms with Crippen LogP contribution >= 0.6 is 0 Å². The van der Waals surface area contributed by atoms with Gasteiger partial charge in [0.25, 0.3) is 0 Å². The molecule has 0 heterocycles. The molecule has 0 radical (unpaired) electrons. The smallest absolute Gasteiger partial charge is 0.323 e. The van der Waals surface area contributed by atoms with Crippen molar-refractivity contribution in [1.82, 2.24) is 0 Å². The summed E-state index contributed by atoms with van der Waals surface area (Å²) in [7, 11) is 0. The van der Waals surface area contributed by atoms with Crippen LogP contribution in [0.15, 0.2) is 54.6 Å². The lowest BCUT2D eigenvalue weighted by Crippen LogP contribution is -2.19. The largest absolute Gasteiger partial charge is 0.481 e. The van der Waals surface area contributed by atoms with Gasteiger partial charge in [0.05, 0.1) is 5.92 Å². The zero-order valence-electron chi connectivity index (χ0n) is 13.8. The predicted octanol–water partition coefficient (Wildman–Crippen LogP) is 4.54. The topological polar surface area (TPSA) is 78.4 Å². The molecule has 2 aromatic carbocycles. The summed E-state index contributed by atoms with van der Waals surface area (Å²) in [5, 5.41) is 14.8. The molecule has 2 rings (SSSR count). The number of aliphatic carboxylic acids is 1. The number of urea groups is 1. The van der Waals surface area contributed by atoms with Gasteiger partial charge in [-0.05, 0) is 42.2 Å². The highest BCUT2D eigenvalue weighted by Crippen LogP contribution is 2.25. The van der Waals surface area contributed by atoms with Crippen molar-refractivity contribution >= 4 is 23.4 Å². The maximum atomic E-state index is 11.9. The number of carboxylic acids is 1. The molecule has 5 nitrogen and oxygen atoms in total. The van der Waals surface area contributed by atoms with E-state index in [-0.39, 0.29) is 6.03 Å². The van der Waals surface area contributed by atoms with Crippen LogP contribution in [0.3, 0.4) is 0 Å². The van der Waals surface area contributed by atoms with E-state index in [1.807, 2.05) is 32.0 Å². The lowest BCUT2D eigenvalue weighted by atomic mass is 9.90. The highest BCUT2D eigenvalue weighted by Gasteiger charge is 2.20. The van der Waals surface area contributed by atoms with Gasteiger partial charge >= 0.3 is 12.0 Å². The molecule has 126 valence electrons. The third-order valence-corrected chi connectivity index (χ3v) is 3.61. The highest BCUT2D eigenvalue weighted by molar-refractivity contribution is 5.99. The van der Waals surface area contributed by atoms with Crippen molar-refractivity contribution in [3.8, 4) is 0 Å². The maximum absolute atomic E-state index is 11.9. The first-order valence-corrected chi connectivity index (χ1v) is 7.91. The third-order valence-electron chi connectivity index (χ3n) is 3.61. The summed E-state index contributed by atoms with van der Waals surface area (Å²) in [4.78, 5) is 23.4. The van der Waals surface area contributed by atoms with Crippen LogP contribution in [0.2, 0.25) is 0 Å². The van der Waals surface area contributed by atoms with Crippen LogP contribution in [-0.2, 0) is 4.79 Å². The quantitative estimate of drug-likeness (QED) is 0.729. The molecule has 1 atom stereocenters. The second-order valence-electron chi connectivity index (χ2n) is 6.09. The number of carbonyl (C=O) groups excluding carboxylic acids is 1. The van der Waals surface area contributed by atoms with Crippen LogP contribution in [0.4, 0.5) is 16.2 Å². The van der Waals surface area contributed by atoms with Crippen molar-refractivity contribution in [3.05, 3.63) is 60.2 Å². The molecule has 2 aromatic rings. The second kappa shape index (κ2) is 8.15. The zero-order valence-corrected chi connectivity index (χ0v) is 13.8. The molecule has 0 aliphatic carbocycles. The van der Waals surface area contributed by atoms with Crippen LogP contribution in [-0.4, -0.2) is 17.1 Å². The molecule has 24 heavy (non-hydrogen) atoms. The number of hydrogen-bond acceptors (Lipinski definition) is 2. The first-order valence-electron chi connectivity index (χ1n) is 7.91. The Balaban J connectivity index is 2.00. The lowest BCUT2D eigenvalue weighted by Gasteiger charge is -2.15. The minimum atomic E-state index is -0.828. The van der Waals surface area contributed by atoms with Crippen molar-refractivity contribution in [1.29, 1.82) is 0 Å². The normalized spacial score (nSPS) is 11.8. The van der Waals surface area contributed by atoms with Gasteiger partial charge in [-0.2, -0.15) is 0 Å². The van der Waals surface area contributed by atoms with E-state index in [9.17, 15) is 14.7 Å². The second-order valence-corrected chi connectivity index (χ2v) is 6.09. The van der Waals surface area contributed by atoms with Crippen LogP contribution in [0.25, 0.3) is 0 Å². The molecule has 2 amide bonds. The predicted molar refractivity (Wildman–Crippen MR) is 95.4 cm³/mol. The van der Waals surface area contributed by atoms with Gasteiger partial charge in [-0.15, -0.1) is 0 Å². The Morgan fingerprint density at radius 2 is 1.46 bits per heavy atom. The Morgan fingerprint density at radius 1 is 0.917 bits per heavy atom. The molecule has 0 aromatic heterocycles. The van der Waals surface area contributed by atoms with Gasteiger partial charge in [0, 0.05) is 11.4 Å².